The zero-order valence-electron chi connectivity index (χ0n) is 29.2. The van der Waals surface area contributed by atoms with E-state index in [1.807, 2.05) is 30.3 Å². The van der Waals surface area contributed by atoms with E-state index in [1.54, 1.807) is 6.07 Å². The maximum absolute atomic E-state index is 9.49. The van der Waals surface area contributed by atoms with E-state index < -0.39 is 7.12 Å². The molecule has 0 aliphatic carbocycles. The lowest BCUT2D eigenvalue weighted by molar-refractivity contribution is 0.426. The molecule has 0 unspecified atom stereocenters. The average molecular weight is 762 g/mol. The average Bonchev–Trinajstić information content (AvgIpc) is 3.74. The molecule has 258 valence electrons. The highest BCUT2D eigenvalue weighted by Gasteiger charge is 2.15. The summed E-state index contributed by atoms with van der Waals surface area (Å²) in [4.78, 5) is 0. The number of halogens is 1. The lowest BCUT2D eigenvalue weighted by Gasteiger charge is -2.11. The van der Waals surface area contributed by atoms with Crippen molar-refractivity contribution in [3.63, 3.8) is 0 Å². The molecule has 54 heavy (non-hydrogen) atoms. The summed E-state index contributed by atoms with van der Waals surface area (Å²) in [5.41, 5.74) is 12.0. The van der Waals surface area contributed by atoms with E-state index in [9.17, 15) is 10.0 Å². The molecule has 0 aliphatic rings. The molecule has 0 saturated heterocycles. The van der Waals surface area contributed by atoms with Gasteiger partial charge in [0.15, 0.2) is 0 Å². The summed E-state index contributed by atoms with van der Waals surface area (Å²) >= 11 is 3.58. The highest BCUT2D eigenvalue weighted by molar-refractivity contribution is 9.10. The Bertz CT molecular complexity index is 2860. The van der Waals surface area contributed by atoms with Crippen LogP contribution in [0.15, 0.2) is 199 Å². The number of rotatable bonds is 5. The molecule has 0 aliphatic heterocycles. The van der Waals surface area contributed by atoms with Gasteiger partial charge in [0.2, 0.25) is 0 Å². The molecule has 0 atom stereocenters. The fourth-order valence-electron chi connectivity index (χ4n) is 7.60. The number of fused-ring (bicyclic) bond motifs is 6. The summed E-state index contributed by atoms with van der Waals surface area (Å²) in [5.74, 6) is 0. The van der Waals surface area contributed by atoms with E-state index in [0.29, 0.717) is 5.46 Å². The van der Waals surface area contributed by atoms with Crippen LogP contribution in [0.2, 0.25) is 0 Å². The van der Waals surface area contributed by atoms with Crippen molar-refractivity contribution in [3.05, 3.63) is 199 Å². The lowest BCUT2D eigenvalue weighted by Crippen LogP contribution is -2.29. The molecule has 0 radical (unpaired) electrons. The summed E-state index contributed by atoms with van der Waals surface area (Å²) in [6.45, 7) is 0. The van der Waals surface area contributed by atoms with Gasteiger partial charge in [0, 0.05) is 37.4 Å². The Labute approximate surface area is 322 Å². The van der Waals surface area contributed by atoms with Crippen LogP contribution in [0.3, 0.4) is 0 Å². The quantitative estimate of drug-likeness (QED) is 0.172. The highest BCUT2D eigenvalue weighted by atomic mass is 79.9. The monoisotopic (exact) mass is 760 g/mol. The molecule has 0 fully saturated rings. The van der Waals surface area contributed by atoms with Gasteiger partial charge in [-0.1, -0.05) is 149 Å². The molecular weight excluding hydrogens is 727 g/mol. The first kappa shape index (κ1) is 33.6. The fourth-order valence-corrected chi connectivity index (χ4v) is 8.00. The van der Waals surface area contributed by atoms with Crippen LogP contribution in [0.1, 0.15) is 0 Å². The predicted octanol–water partition coefficient (Wildman–Crippen LogP) is 11.3. The topological polar surface area (TPSA) is 50.3 Å². The van der Waals surface area contributed by atoms with Gasteiger partial charge in [0.05, 0.1) is 22.1 Å². The number of benzene rings is 8. The second-order valence-electron chi connectivity index (χ2n) is 13.3. The van der Waals surface area contributed by atoms with Gasteiger partial charge in [0.1, 0.15) is 0 Å². The summed E-state index contributed by atoms with van der Waals surface area (Å²) in [6.07, 6.45) is 0. The largest absolute Gasteiger partial charge is 0.488 e. The highest BCUT2D eigenvalue weighted by Crippen LogP contribution is 2.35. The van der Waals surface area contributed by atoms with Gasteiger partial charge >= 0.3 is 7.12 Å². The Hall–Kier alpha value is -6.18. The Kier molecular flexibility index (Phi) is 8.93. The minimum Gasteiger partial charge on any atom is -0.423 e. The van der Waals surface area contributed by atoms with E-state index in [2.05, 4.69) is 183 Å². The van der Waals surface area contributed by atoms with Gasteiger partial charge in [-0.15, -0.1) is 0 Å². The number of para-hydroxylation sites is 4. The molecular formula is C48H34BBrN2O2. The van der Waals surface area contributed by atoms with Gasteiger partial charge in [-0.05, 0) is 88.4 Å². The van der Waals surface area contributed by atoms with Crippen LogP contribution in [-0.4, -0.2) is 26.3 Å². The van der Waals surface area contributed by atoms with Crippen LogP contribution < -0.4 is 5.46 Å². The van der Waals surface area contributed by atoms with Gasteiger partial charge in [-0.25, -0.2) is 0 Å². The van der Waals surface area contributed by atoms with E-state index in [-0.39, 0.29) is 0 Å². The maximum Gasteiger partial charge on any atom is 0.488 e. The third-order valence-corrected chi connectivity index (χ3v) is 10.5. The normalized spacial score (nSPS) is 11.2. The van der Waals surface area contributed by atoms with Crippen molar-refractivity contribution in [1.29, 1.82) is 0 Å². The van der Waals surface area contributed by atoms with Crippen molar-refractivity contribution in [2.45, 2.75) is 0 Å². The zero-order chi connectivity index (χ0) is 36.6. The summed E-state index contributed by atoms with van der Waals surface area (Å²) in [7, 11) is -1.47. The first-order valence-electron chi connectivity index (χ1n) is 17.9. The standard InChI is InChI=1S/C24H18BNO2.C24H16BrN/c27-25(28)19-9-5-7-17(15-19)18-8-6-10-20(16-18)26-23-13-3-1-11-21(23)22-12-2-4-14-24(22)26;25-19-9-5-7-17(15-19)18-8-6-10-20(16-18)26-23-13-3-1-11-21(23)22-12-2-4-14-24(22)26/h1-16,27-28H;1-16H. The molecule has 6 heteroatoms. The van der Waals surface area contributed by atoms with Crippen LogP contribution >= 0.6 is 15.9 Å². The molecule has 0 saturated carbocycles. The van der Waals surface area contributed by atoms with Crippen molar-refractivity contribution in [2.75, 3.05) is 0 Å². The van der Waals surface area contributed by atoms with E-state index in [1.165, 1.54) is 60.4 Å². The van der Waals surface area contributed by atoms with Crippen LogP contribution in [0, 0.1) is 0 Å². The first-order chi connectivity index (χ1) is 26.5. The maximum atomic E-state index is 9.49. The lowest BCUT2D eigenvalue weighted by atomic mass is 9.79. The third-order valence-electron chi connectivity index (χ3n) is 10.0. The third kappa shape index (κ3) is 6.20. The van der Waals surface area contributed by atoms with Crippen molar-refractivity contribution in [3.8, 4) is 33.6 Å². The number of hydrogen-bond donors (Lipinski definition) is 2. The summed E-state index contributed by atoms with van der Waals surface area (Å²) in [5, 5.41) is 24.0. The zero-order valence-corrected chi connectivity index (χ0v) is 30.8. The Morgan fingerprint density at radius 2 is 0.704 bits per heavy atom. The smallest absolute Gasteiger partial charge is 0.423 e. The molecule has 10 rings (SSSR count). The molecule has 2 N–H and O–H groups in total. The molecule has 2 aromatic heterocycles. The second kappa shape index (κ2) is 14.3. The minimum absolute atomic E-state index is 0.486. The number of hydrogen-bond acceptors (Lipinski definition) is 2. The molecule has 0 bridgehead atoms. The second-order valence-corrected chi connectivity index (χ2v) is 14.3. The SMILES string of the molecule is Brc1cccc(-c2cccc(-n3c4ccccc4c4ccccc43)c2)c1.OB(O)c1cccc(-c2cccc(-n3c4ccccc4c4ccccc43)c2)c1. The predicted molar refractivity (Wildman–Crippen MR) is 230 cm³/mol. The Balaban J connectivity index is 0.000000143. The van der Waals surface area contributed by atoms with E-state index >= 15 is 0 Å². The van der Waals surface area contributed by atoms with Gasteiger partial charge in [-0.3, -0.25) is 0 Å². The molecule has 2 heterocycles. The van der Waals surface area contributed by atoms with Gasteiger partial charge in [-0.2, -0.15) is 0 Å². The van der Waals surface area contributed by atoms with Crippen molar-refractivity contribution >= 4 is 72.1 Å². The minimum atomic E-state index is -1.47. The number of aromatic nitrogens is 2. The van der Waals surface area contributed by atoms with Crippen LogP contribution in [0.25, 0.3) is 77.2 Å². The van der Waals surface area contributed by atoms with Gasteiger partial charge in [0.25, 0.3) is 0 Å². The Morgan fingerprint density at radius 3 is 1.11 bits per heavy atom. The summed E-state index contributed by atoms with van der Waals surface area (Å²) < 4.78 is 5.72. The van der Waals surface area contributed by atoms with Crippen molar-refractivity contribution in [1.82, 2.24) is 9.13 Å². The Morgan fingerprint density at radius 1 is 0.352 bits per heavy atom. The van der Waals surface area contributed by atoms with Gasteiger partial charge < -0.3 is 19.2 Å². The molecule has 4 nitrogen and oxygen atoms in total. The summed E-state index contributed by atoms with van der Waals surface area (Å²) in [6, 6.07) is 67.0. The van der Waals surface area contributed by atoms with Crippen LogP contribution in [-0.2, 0) is 0 Å². The van der Waals surface area contributed by atoms with Crippen LogP contribution in [0.5, 0.6) is 0 Å². The molecule has 0 amide bonds. The molecule has 10 aromatic rings. The molecule has 8 aromatic carbocycles. The first-order valence-corrected chi connectivity index (χ1v) is 18.7. The van der Waals surface area contributed by atoms with E-state index in [4.69, 9.17) is 0 Å². The fraction of sp³-hybridized carbons (Fsp3) is 0. The van der Waals surface area contributed by atoms with Crippen LogP contribution in [0.4, 0.5) is 0 Å². The van der Waals surface area contributed by atoms with Crippen molar-refractivity contribution < 1.29 is 10.0 Å². The molecule has 0 spiro atoms. The van der Waals surface area contributed by atoms with E-state index in [0.717, 1.165) is 21.3 Å². The number of nitrogens with zero attached hydrogens (tertiary/aromatic N) is 2. The van der Waals surface area contributed by atoms with Crippen molar-refractivity contribution in [2.24, 2.45) is 0 Å².